The highest BCUT2D eigenvalue weighted by atomic mass is 16.7. The van der Waals surface area contributed by atoms with Crippen LogP contribution >= 0.6 is 0 Å². The fourth-order valence-electron chi connectivity index (χ4n) is 2.47. The second-order valence-corrected chi connectivity index (χ2v) is 7.49. The van der Waals surface area contributed by atoms with E-state index < -0.39 is 17.8 Å². The summed E-state index contributed by atoms with van der Waals surface area (Å²) in [5.41, 5.74) is 0.921. The third-order valence-electron chi connectivity index (χ3n) is 4.37. The normalized spacial score (nSPS) is 12.0. The number of hydrogen-bond acceptors (Lipinski definition) is 7. The van der Waals surface area contributed by atoms with Crippen molar-refractivity contribution >= 4 is 23.9 Å². The lowest BCUT2D eigenvalue weighted by atomic mass is 10.1. The molecule has 3 rings (SSSR count). The van der Waals surface area contributed by atoms with E-state index in [1.54, 1.807) is 25.4 Å². The second kappa shape index (κ2) is 21.5. The Morgan fingerprint density at radius 1 is 1.00 bits per heavy atom. The summed E-state index contributed by atoms with van der Waals surface area (Å²) >= 11 is 0. The van der Waals surface area contributed by atoms with Crippen molar-refractivity contribution < 1.29 is 24.3 Å². The zero-order chi connectivity index (χ0) is 27.0. The zero-order valence-corrected chi connectivity index (χ0v) is 21.1. The zero-order valence-electron chi connectivity index (χ0n) is 21.1. The molecule has 1 aromatic carbocycles. The Kier molecular flexibility index (Phi) is 19.0. The molecular weight excluding hydrogens is 464 g/mol. The van der Waals surface area contributed by atoms with Crippen LogP contribution in [0.4, 0.5) is 0 Å². The van der Waals surface area contributed by atoms with Gasteiger partial charge in [0.15, 0.2) is 5.34 Å². The molecule has 2 amide bonds. The van der Waals surface area contributed by atoms with Gasteiger partial charge in [0, 0.05) is 18.8 Å². The monoisotopic (exact) mass is 500 g/mol. The van der Waals surface area contributed by atoms with E-state index in [1.807, 2.05) is 55.5 Å². The summed E-state index contributed by atoms with van der Waals surface area (Å²) < 4.78 is 0. The number of rotatable bonds is 9. The number of carboxylic acids is 1. The van der Waals surface area contributed by atoms with E-state index in [1.165, 1.54) is 19.3 Å². The predicted octanol–water partition coefficient (Wildman–Crippen LogP) is 4.84. The molecule has 2 heterocycles. The molecule has 0 saturated carbocycles. The van der Waals surface area contributed by atoms with Crippen molar-refractivity contribution in [3.8, 4) is 0 Å². The molecule has 1 aliphatic rings. The summed E-state index contributed by atoms with van der Waals surface area (Å²) in [6.07, 6.45) is 11.2. The minimum absolute atomic E-state index is 0.00986. The highest BCUT2D eigenvalue weighted by molar-refractivity contribution is 6.38. The fourth-order valence-corrected chi connectivity index (χ4v) is 2.47. The first-order chi connectivity index (χ1) is 17.3. The topological polar surface area (TPSA) is 147 Å². The number of carbonyl (C=O) groups excluding carboxylic acids is 2. The molecule has 1 fully saturated rings. The van der Waals surface area contributed by atoms with Crippen LogP contribution in [0.15, 0.2) is 72.1 Å². The molecule has 10 heteroatoms. The summed E-state index contributed by atoms with van der Waals surface area (Å²) in [6.45, 7) is 5.64. The smallest absolute Gasteiger partial charge is 0.315 e. The number of pyridine rings is 1. The first-order valence-corrected chi connectivity index (χ1v) is 11.8. The number of aromatic nitrogens is 1. The van der Waals surface area contributed by atoms with E-state index >= 15 is 0 Å². The van der Waals surface area contributed by atoms with Crippen molar-refractivity contribution in [2.45, 2.75) is 65.4 Å². The van der Waals surface area contributed by atoms with Gasteiger partial charge in [0.05, 0.1) is 0 Å². The van der Waals surface area contributed by atoms with Crippen molar-refractivity contribution in [3.05, 3.63) is 77.2 Å². The van der Waals surface area contributed by atoms with E-state index in [9.17, 15) is 19.3 Å². The number of unbranched alkanes of at least 4 members (excludes halogenated alkanes) is 3. The van der Waals surface area contributed by atoms with Crippen molar-refractivity contribution in [3.63, 3.8) is 0 Å². The van der Waals surface area contributed by atoms with Crippen molar-refractivity contribution in [1.29, 1.82) is 0 Å². The Balaban J connectivity index is 0.000000494. The van der Waals surface area contributed by atoms with Crippen molar-refractivity contribution in [2.75, 3.05) is 0 Å². The molecule has 0 radical (unpaired) electrons. The fraction of sp³-hybridized carbons (Fsp3) is 0.385. The third-order valence-corrected chi connectivity index (χ3v) is 4.37. The Bertz CT molecular complexity index is 862. The molecule has 1 aliphatic heterocycles. The Morgan fingerprint density at radius 3 is 1.97 bits per heavy atom. The number of carboxylic acid groups (broad SMARTS) is 1. The standard InChI is InChI=1S/C10H8N2O2.C8H17NO2.C5H5N.C3H6O2/c13-9-10(14)12-8(11-9)6-7-4-2-1-3-5-7;1-3-4-5-6-7-8(2)11-9-10;1-2-4-6-5-3-1;1-2-3(4)5/h1-6H,(H,11,13)(H,12,14);8H,3-7H2,1-2H3;1-5H;2H2,1H3,(H,4,5). The van der Waals surface area contributed by atoms with E-state index in [4.69, 9.17) is 5.11 Å². The number of carbonyl (C=O) groups is 3. The molecule has 10 nitrogen and oxygen atoms in total. The lowest BCUT2D eigenvalue weighted by Gasteiger charge is -2.05. The van der Waals surface area contributed by atoms with Gasteiger partial charge in [0.25, 0.3) is 0 Å². The maximum absolute atomic E-state index is 10.8. The maximum atomic E-state index is 10.8. The quantitative estimate of drug-likeness (QED) is 0.193. The van der Waals surface area contributed by atoms with Gasteiger partial charge in [0.1, 0.15) is 11.9 Å². The summed E-state index contributed by atoms with van der Waals surface area (Å²) in [6, 6.07) is 15.1. The lowest BCUT2D eigenvalue weighted by molar-refractivity contribution is -0.136. The van der Waals surface area contributed by atoms with Gasteiger partial charge < -0.3 is 20.6 Å². The largest absolute Gasteiger partial charge is 0.481 e. The van der Waals surface area contributed by atoms with Crippen LogP contribution in [0.25, 0.3) is 6.08 Å². The van der Waals surface area contributed by atoms with E-state index in [2.05, 4.69) is 32.7 Å². The van der Waals surface area contributed by atoms with Crippen LogP contribution < -0.4 is 10.6 Å². The van der Waals surface area contributed by atoms with Gasteiger partial charge in [-0.1, -0.05) is 69.5 Å². The molecule has 3 N–H and O–H groups in total. The van der Waals surface area contributed by atoms with Gasteiger partial charge in [-0.05, 0) is 43.5 Å². The molecule has 2 aromatic rings. The first-order valence-electron chi connectivity index (χ1n) is 11.8. The van der Waals surface area contributed by atoms with Crippen LogP contribution in [0.3, 0.4) is 0 Å². The molecule has 1 unspecified atom stereocenters. The molecule has 1 saturated heterocycles. The molecule has 196 valence electrons. The SMILES string of the molecule is CCC(=O)O.CCCCCCC(C)ON=O.O=C1NC(=Cc2ccccc2)NC1=O.c1ccncc1. The minimum atomic E-state index is -0.745. The average Bonchev–Trinajstić information content (AvgIpc) is 3.21. The summed E-state index contributed by atoms with van der Waals surface area (Å²) in [5.74, 6) is -1.56. The van der Waals surface area contributed by atoms with Crippen LogP contribution in [0.1, 0.15) is 64.9 Å². The van der Waals surface area contributed by atoms with Gasteiger partial charge >= 0.3 is 17.8 Å². The molecular formula is C26H36N4O6. The molecule has 0 spiro atoms. The van der Waals surface area contributed by atoms with Crippen LogP contribution in [0, 0.1) is 4.91 Å². The van der Waals surface area contributed by atoms with Gasteiger partial charge in [-0.3, -0.25) is 19.4 Å². The molecule has 0 bridgehead atoms. The third kappa shape index (κ3) is 18.4. The number of amides is 2. The summed E-state index contributed by atoms with van der Waals surface area (Å²) in [5, 5.41) is 14.9. The number of hydrogen-bond donors (Lipinski definition) is 3. The predicted molar refractivity (Wildman–Crippen MR) is 138 cm³/mol. The van der Waals surface area contributed by atoms with Crippen LogP contribution in [0.2, 0.25) is 0 Å². The number of nitrogens with zero attached hydrogens (tertiary/aromatic N) is 2. The maximum Gasteiger partial charge on any atom is 0.315 e. The molecule has 1 atom stereocenters. The summed E-state index contributed by atoms with van der Waals surface area (Å²) in [4.78, 5) is 48.9. The number of benzene rings is 1. The Hall–Kier alpha value is -4.08. The second-order valence-electron chi connectivity index (χ2n) is 7.49. The number of nitrogens with one attached hydrogen (secondary N) is 2. The summed E-state index contributed by atoms with van der Waals surface area (Å²) in [7, 11) is 0. The number of aliphatic carboxylic acids is 1. The molecule has 36 heavy (non-hydrogen) atoms. The van der Waals surface area contributed by atoms with Crippen LogP contribution in [0.5, 0.6) is 0 Å². The van der Waals surface area contributed by atoms with Gasteiger partial charge in [-0.2, -0.15) is 0 Å². The highest BCUT2D eigenvalue weighted by Crippen LogP contribution is 2.07. The molecule has 1 aromatic heterocycles. The van der Waals surface area contributed by atoms with E-state index in [-0.39, 0.29) is 12.5 Å². The van der Waals surface area contributed by atoms with Gasteiger partial charge in [-0.15, -0.1) is 4.91 Å². The lowest BCUT2D eigenvalue weighted by Crippen LogP contribution is -2.19. The van der Waals surface area contributed by atoms with Crippen LogP contribution in [-0.4, -0.2) is 34.0 Å². The first kappa shape index (κ1) is 31.9. The van der Waals surface area contributed by atoms with E-state index in [0.29, 0.717) is 5.82 Å². The molecule has 0 aliphatic carbocycles. The van der Waals surface area contributed by atoms with Crippen LogP contribution in [-0.2, 0) is 19.2 Å². The van der Waals surface area contributed by atoms with Crippen molar-refractivity contribution in [1.82, 2.24) is 15.6 Å². The highest BCUT2D eigenvalue weighted by Gasteiger charge is 2.23. The van der Waals surface area contributed by atoms with E-state index in [0.717, 1.165) is 18.4 Å². The Labute approximate surface area is 212 Å². The minimum Gasteiger partial charge on any atom is -0.481 e. The van der Waals surface area contributed by atoms with Gasteiger partial charge in [-0.25, -0.2) is 0 Å². The van der Waals surface area contributed by atoms with Gasteiger partial charge in [0.2, 0.25) is 0 Å². The average molecular weight is 501 g/mol. The van der Waals surface area contributed by atoms with Crippen molar-refractivity contribution in [2.24, 2.45) is 5.34 Å². The Morgan fingerprint density at radius 2 is 1.56 bits per heavy atom.